The zero-order valence-electron chi connectivity index (χ0n) is 15.1. The van der Waals surface area contributed by atoms with Gasteiger partial charge in [0.15, 0.2) is 0 Å². The van der Waals surface area contributed by atoms with E-state index in [0.717, 1.165) is 23.4 Å². The fraction of sp³-hybridized carbons (Fsp3) is 0.227. The van der Waals surface area contributed by atoms with Crippen LogP contribution in [0.15, 0.2) is 66.7 Å². The molecule has 26 heavy (non-hydrogen) atoms. The second-order valence-corrected chi connectivity index (χ2v) is 6.35. The average Bonchev–Trinajstić information content (AvgIpc) is 2.70. The number of aromatic hydroxyl groups is 1. The SMILES string of the molecule is COc1cccc(-c2ccc(O)c(CNC[C@@H](C)c3ccccc3)c2)n1. The summed E-state index contributed by atoms with van der Waals surface area (Å²) < 4.78 is 5.19. The summed E-state index contributed by atoms with van der Waals surface area (Å²) in [5.74, 6) is 1.27. The standard InChI is InChI=1S/C22H24N2O2/c1-16(17-7-4-3-5-8-17)14-23-15-19-13-18(11-12-21(19)25)20-9-6-10-22(24-20)26-2/h3-13,16,23,25H,14-15H2,1-2H3/t16-/m1/s1. The largest absolute Gasteiger partial charge is 0.508 e. The van der Waals surface area contributed by atoms with Crippen LogP contribution in [0.25, 0.3) is 11.3 Å². The maximum absolute atomic E-state index is 10.2. The van der Waals surface area contributed by atoms with Crippen molar-refractivity contribution in [3.05, 3.63) is 77.9 Å². The van der Waals surface area contributed by atoms with Gasteiger partial charge < -0.3 is 15.2 Å². The first kappa shape index (κ1) is 18.0. The minimum atomic E-state index is 0.288. The lowest BCUT2D eigenvalue weighted by Gasteiger charge is -2.14. The molecule has 4 nitrogen and oxygen atoms in total. The van der Waals surface area contributed by atoms with E-state index in [1.165, 1.54) is 5.56 Å². The van der Waals surface area contributed by atoms with Crippen molar-refractivity contribution >= 4 is 0 Å². The number of methoxy groups -OCH3 is 1. The molecule has 2 aromatic carbocycles. The van der Waals surface area contributed by atoms with Crippen molar-refractivity contribution in [2.45, 2.75) is 19.4 Å². The molecule has 0 bridgehead atoms. The summed E-state index contributed by atoms with van der Waals surface area (Å²) in [6.45, 7) is 3.63. The van der Waals surface area contributed by atoms with E-state index in [4.69, 9.17) is 4.74 Å². The second-order valence-electron chi connectivity index (χ2n) is 6.35. The number of nitrogens with one attached hydrogen (secondary N) is 1. The van der Waals surface area contributed by atoms with Gasteiger partial charge in [0.05, 0.1) is 12.8 Å². The summed E-state index contributed by atoms with van der Waals surface area (Å²) in [6.07, 6.45) is 0. The molecule has 0 unspecified atom stereocenters. The summed E-state index contributed by atoms with van der Waals surface area (Å²) in [6, 6.07) is 21.6. The Hall–Kier alpha value is -2.85. The molecule has 1 atom stereocenters. The zero-order chi connectivity index (χ0) is 18.4. The Labute approximate surface area is 154 Å². The van der Waals surface area contributed by atoms with Gasteiger partial charge in [0.25, 0.3) is 0 Å². The molecule has 0 fully saturated rings. The van der Waals surface area contributed by atoms with E-state index in [9.17, 15) is 5.11 Å². The number of rotatable bonds is 7. The van der Waals surface area contributed by atoms with E-state index < -0.39 is 0 Å². The maximum atomic E-state index is 10.2. The monoisotopic (exact) mass is 348 g/mol. The van der Waals surface area contributed by atoms with Crippen LogP contribution in [0.3, 0.4) is 0 Å². The smallest absolute Gasteiger partial charge is 0.213 e. The van der Waals surface area contributed by atoms with Crippen molar-refractivity contribution in [2.24, 2.45) is 0 Å². The number of aromatic nitrogens is 1. The van der Waals surface area contributed by atoms with Crippen LogP contribution in [-0.2, 0) is 6.54 Å². The lowest BCUT2D eigenvalue weighted by atomic mass is 10.0. The number of hydrogen-bond acceptors (Lipinski definition) is 4. The summed E-state index contributed by atoms with van der Waals surface area (Å²) in [5, 5.41) is 13.6. The topological polar surface area (TPSA) is 54.4 Å². The first-order valence-electron chi connectivity index (χ1n) is 8.76. The highest BCUT2D eigenvalue weighted by atomic mass is 16.5. The normalized spacial score (nSPS) is 11.9. The molecular formula is C22H24N2O2. The van der Waals surface area contributed by atoms with E-state index in [1.807, 2.05) is 36.4 Å². The predicted octanol–water partition coefficient (Wildman–Crippen LogP) is 4.36. The molecule has 0 aliphatic carbocycles. The molecule has 0 aliphatic heterocycles. The molecule has 3 rings (SSSR count). The fourth-order valence-corrected chi connectivity index (χ4v) is 2.90. The molecule has 134 valence electrons. The van der Waals surface area contributed by atoms with Crippen molar-refractivity contribution in [3.8, 4) is 22.9 Å². The molecule has 2 N–H and O–H groups in total. The molecule has 0 radical (unpaired) electrons. The van der Waals surface area contributed by atoms with Crippen LogP contribution in [0, 0.1) is 0 Å². The summed E-state index contributed by atoms with van der Waals surface area (Å²) in [7, 11) is 1.60. The molecule has 0 aliphatic rings. The van der Waals surface area contributed by atoms with Gasteiger partial charge in [0.1, 0.15) is 5.75 Å². The number of benzene rings is 2. The van der Waals surface area contributed by atoms with Gasteiger partial charge in [-0.3, -0.25) is 0 Å². The van der Waals surface area contributed by atoms with Gasteiger partial charge in [-0.25, -0.2) is 4.98 Å². The Kier molecular flexibility index (Phi) is 5.87. The van der Waals surface area contributed by atoms with Crippen molar-refractivity contribution in [1.29, 1.82) is 0 Å². The van der Waals surface area contributed by atoms with Crippen LogP contribution in [0.5, 0.6) is 11.6 Å². The van der Waals surface area contributed by atoms with Gasteiger partial charge in [-0.2, -0.15) is 0 Å². The van der Waals surface area contributed by atoms with Gasteiger partial charge in [-0.15, -0.1) is 0 Å². The Morgan fingerprint density at radius 2 is 1.85 bits per heavy atom. The van der Waals surface area contributed by atoms with Crippen LogP contribution >= 0.6 is 0 Å². The third-order valence-corrected chi connectivity index (χ3v) is 4.44. The van der Waals surface area contributed by atoms with Crippen molar-refractivity contribution in [2.75, 3.05) is 13.7 Å². The van der Waals surface area contributed by atoms with E-state index in [1.54, 1.807) is 13.2 Å². The first-order valence-corrected chi connectivity index (χ1v) is 8.76. The Morgan fingerprint density at radius 1 is 1.04 bits per heavy atom. The Morgan fingerprint density at radius 3 is 2.62 bits per heavy atom. The summed E-state index contributed by atoms with van der Waals surface area (Å²) in [5.41, 5.74) is 3.93. The Bertz CT molecular complexity index is 850. The molecule has 0 saturated carbocycles. The molecule has 0 saturated heterocycles. The van der Waals surface area contributed by atoms with Gasteiger partial charge in [0, 0.05) is 30.3 Å². The highest BCUT2D eigenvalue weighted by Gasteiger charge is 2.08. The van der Waals surface area contributed by atoms with Crippen molar-refractivity contribution in [1.82, 2.24) is 10.3 Å². The lowest BCUT2D eigenvalue weighted by Crippen LogP contribution is -2.19. The first-order chi connectivity index (χ1) is 12.7. The third kappa shape index (κ3) is 4.41. The highest BCUT2D eigenvalue weighted by Crippen LogP contribution is 2.26. The van der Waals surface area contributed by atoms with Crippen molar-refractivity contribution < 1.29 is 9.84 Å². The van der Waals surface area contributed by atoms with Crippen LogP contribution in [0.1, 0.15) is 24.0 Å². The second kappa shape index (κ2) is 8.50. The Balaban J connectivity index is 1.68. The van der Waals surface area contributed by atoms with Gasteiger partial charge in [0.2, 0.25) is 5.88 Å². The van der Waals surface area contributed by atoms with E-state index in [2.05, 4.69) is 41.5 Å². The van der Waals surface area contributed by atoms with Crippen LogP contribution in [-0.4, -0.2) is 23.7 Å². The van der Waals surface area contributed by atoms with Crippen LogP contribution in [0.2, 0.25) is 0 Å². The number of ether oxygens (including phenoxy) is 1. The molecular weight excluding hydrogens is 324 g/mol. The number of pyridine rings is 1. The van der Waals surface area contributed by atoms with E-state index in [-0.39, 0.29) is 5.75 Å². The molecule has 4 heteroatoms. The molecule has 1 aromatic heterocycles. The van der Waals surface area contributed by atoms with Gasteiger partial charge >= 0.3 is 0 Å². The predicted molar refractivity (Wildman–Crippen MR) is 104 cm³/mol. The number of phenols is 1. The van der Waals surface area contributed by atoms with E-state index in [0.29, 0.717) is 18.3 Å². The molecule has 3 aromatic rings. The van der Waals surface area contributed by atoms with Gasteiger partial charge in [-0.1, -0.05) is 43.3 Å². The summed E-state index contributed by atoms with van der Waals surface area (Å²) in [4.78, 5) is 4.46. The number of hydrogen-bond donors (Lipinski definition) is 2. The number of nitrogens with zero attached hydrogens (tertiary/aromatic N) is 1. The summed E-state index contributed by atoms with van der Waals surface area (Å²) >= 11 is 0. The molecule has 1 heterocycles. The third-order valence-electron chi connectivity index (χ3n) is 4.44. The lowest BCUT2D eigenvalue weighted by molar-refractivity contribution is 0.398. The average molecular weight is 348 g/mol. The van der Waals surface area contributed by atoms with Gasteiger partial charge in [-0.05, 0) is 35.7 Å². The van der Waals surface area contributed by atoms with Crippen LogP contribution in [0.4, 0.5) is 0 Å². The maximum Gasteiger partial charge on any atom is 0.213 e. The number of phenolic OH excluding ortho intramolecular Hbond substituents is 1. The zero-order valence-corrected chi connectivity index (χ0v) is 15.1. The minimum absolute atomic E-state index is 0.288. The molecule has 0 amide bonds. The van der Waals surface area contributed by atoms with Crippen molar-refractivity contribution in [3.63, 3.8) is 0 Å². The van der Waals surface area contributed by atoms with E-state index >= 15 is 0 Å². The van der Waals surface area contributed by atoms with Crippen LogP contribution < -0.4 is 10.1 Å². The quantitative estimate of drug-likeness (QED) is 0.666. The highest BCUT2D eigenvalue weighted by molar-refractivity contribution is 5.62. The molecule has 0 spiro atoms. The fourth-order valence-electron chi connectivity index (χ4n) is 2.90. The minimum Gasteiger partial charge on any atom is -0.508 e.